The molecule has 0 amide bonds. The summed E-state index contributed by atoms with van der Waals surface area (Å²) in [5.74, 6) is 7.00. The minimum Gasteiger partial charge on any atom is -0.357 e. The fraction of sp³-hybridized carbons (Fsp3) is 0.364. The third kappa shape index (κ3) is 1.38. The molecule has 0 fully saturated rings. The predicted octanol–water partition coefficient (Wildman–Crippen LogP) is 2.27. The number of hydrogen-bond donors (Lipinski definition) is 0. The van der Waals surface area contributed by atoms with E-state index in [-0.39, 0.29) is 5.41 Å². The average Bonchev–Trinajstić information content (AvgIpc) is 2.50. The topological polar surface area (TPSA) is 26.0 Å². The summed E-state index contributed by atoms with van der Waals surface area (Å²) in [6, 6.07) is 0. The van der Waals surface area contributed by atoms with Gasteiger partial charge in [0.25, 0.3) is 0 Å². The summed E-state index contributed by atoms with van der Waals surface area (Å²) in [6.07, 6.45) is 6.70. The smallest absolute Gasteiger partial charge is 0.162 e. The Morgan fingerprint density at radius 2 is 2.46 bits per heavy atom. The van der Waals surface area contributed by atoms with Gasteiger partial charge in [-0.15, -0.1) is 5.92 Å². The maximum atomic E-state index is 5.04. The highest BCUT2D eigenvalue weighted by molar-refractivity contribution is 5.53. The fourth-order valence-electron chi connectivity index (χ4n) is 1.62. The van der Waals surface area contributed by atoms with Crippen LogP contribution in [-0.4, -0.2) is 5.16 Å². The average molecular weight is 173 g/mol. The van der Waals surface area contributed by atoms with Crippen molar-refractivity contribution in [2.75, 3.05) is 0 Å². The summed E-state index contributed by atoms with van der Waals surface area (Å²) in [6.45, 7) is 3.98. The highest BCUT2D eigenvalue weighted by Gasteiger charge is 2.25. The quantitative estimate of drug-likeness (QED) is 0.562. The Morgan fingerprint density at radius 3 is 3.23 bits per heavy atom. The minimum absolute atomic E-state index is 0.0483. The fourth-order valence-corrected chi connectivity index (χ4v) is 1.62. The molecule has 0 aliphatic heterocycles. The molecule has 1 heterocycles. The van der Waals surface area contributed by atoms with Gasteiger partial charge in [0.2, 0.25) is 0 Å². The number of allylic oxidation sites excluding steroid dienone is 1. The van der Waals surface area contributed by atoms with Crippen molar-refractivity contribution in [3.8, 4) is 11.8 Å². The molecule has 2 rings (SSSR count). The molecule has 1 aliphatic carbocycles. The van der Waals surface area contributed by atoms with E-state index in [9.17, 15) is 0 Å². The van der Waals surface area contributed by atoms with Crippen LogP contribution in [0.5, 0.6) is 0 Å². The van der Waals surface area contributed by atoms with Crippen molar-refractivity contribution in [2.45, 2.75) is 20.3 Å². The lowest BCUT2D eigenvalue weighted by Gasteiger charge is -2.21. The third-order valence-electron chi connectivity index (χ3n) is 2.25. The summed E-state index contributed by atoms with van der Waals surface area (Å²) in [5, 5.41) is 3.76. The van der Waals surface area contributed by atoms with Gasteiger partial charge in [0.1, 0.15) is 0 Å². The summed E-state index contributed by atoms with van der Waals surface area (Å²) in [4.78, 5) is 0. The van der Waals surface area contributed by atoms with E-state index in [2.05, 4.69) is 30.0 Å². The third-order valence-corrected chi connectivity index (χ3v) is 2.25. The molecule has 0 radical (unpaired) electrons. The molecule has 1 aromatic heterocycles. The Kier molecular flexibility index (Phi) is 1.73. The number of nitrogens with zero attached hydrogens (tertiary/aromatic N) is 1. The first-order chi connectivity index (χ1) is 6.23. The van der Waals surface area contributed by atoms with Crippen molar-refractivity contribution in [3.05, 3.63) is 23.6 Å². The van der Waals surface area contributed by atoms with Crippen molar-refractivity contribution in [1.82, 2.24) is 5.16 Å². The SMILES string of the molecule is CC#CC1(C)C=Cc2oncc2C1. The molecule has 66 valence electrons. The van der Waals surface area contributed by atoms with Gasteiger partial charge in [0.05, 0.1) is 11.6 Å². The van der Waals surface area contributed by atoms with Crippen molar-refractivity contribution in [1.29, 1.82) is 0 Å². The van der Waals surface area contributed by atoms with E-state index in [0.29, 0.717) is 0 Å². The molecular weight excluding hydrogens is 162 g/mol. The van der Waals surface area contributed by atoms with E-state index in [0.717, 1.165) is 17.7 Å². The van der Waals surface area contributed by atoms with Gasteiger partial charge >= 0.3 is 0 Å². The molecule has 0 bridgehead atoms. The molecule has 0 spiro atoms. The molecule has 1 unspecified atom stereocenters. The number of fused-ring (bicyclic) bond motifs is 1. The Bertz CT molecular complexity index is 405. The lowest BCUT2D eigenvalue weighted by Crippen LogP contribution is -2.16. The highest BCUT2D eigenvalue weighted by Crippen LogP contribution is 2.31. The van der Waals surface area contributed by atoms with Crippen molar-refractivity contribution < 1.29 is 4.52 Å². The lowest BCUT2D eigenvalue weighted by molar-refractivity contribution is 0.407. The number of hydrogen-bond acceptors (Lipinski definition) is 2. The van der Waals surface area contributed by atoms with Crippen molar-refractivity contribution >= 4 is 6.08 Å². The molecule has 0 saturated carbocycles. The number of aromatic nitrogens is 1. The number of rotatable bonds is 0. The first-order valence-corrected chi connectivity index (χ1v) is 4.30. The van der Waals surface area contributed by atoms with Crippen LogP contribution >= 0.6 is 0 Å². The molecule has 13 heavy (non-hydrogen) atoms. The van der Waals surface area contributed by atoms with Gasteiger partial charge in [-0.2, -0.15) is 0 Å². The van der Waals surface area contributed by atoms with Gasteiger partial charge in [-0.25, -0.2) is 0 Å². The van der Waals surface area contributed by atoms with E-state index in [1.165, 1.54) is 0 Å². The molecule has 1 aromatic rings. The molecule has 2 nitrogen and oxygen atoms in total. The van der Waals surface area contributed by atoms with Gasteiger partial charge < -0.3 is 4.52 Å². The van der Waals surface area contributed by atoms with Crippen LogP contribution in [0.15, 0.2) is 16.8 Å². The van der Waals surface area contributed by atoms with Crippen LogP contribution in [-0.2, 0) is 6.42 Å². The second kappa shape index (κ2) is 2.77. The zero-order valence-corrected chi connectivity index (χ0v) is 7.79. The first kappa shape index (κ1) is 8.12. The summed E-state index contributed by atoms with van der Waals surface area (Å²) < 4.78 is 5.04. The summed E-state index contributed by atoms with van der Waals surface area (Å²) in [7, 11) is 0. The van der Waals surface area contributed by atoms with Crippen LogP contribution in [0.2, 0.25) is 0 Å². The Labute approximate surface area is 77.6 Å². The summed E-state index contributed by atoms with van der Waals surface area (Å²) in [5.41, 5.74) is 1.10. The molecule has 1 atom stereocenters. The van der Waals surface area contributed by atoms with Crippen LogP contribution in [0, 0.1) is 17.3 Å². The summed E-state index contributed by atoms with van der Waals surface area (Å²) >= 11 is 0. The van der Waals surface area contributed by atoms with E-state index in [1.807, 2.05) is 13.0 Å². The van der Waals surface area contributed by atoms with Crippen LogP contribution in [0.25, 0.3) is 6.08 Å². The molecule has 0 N–H and O–H groups in total. The Morgan fingerprint density at radius 1 is 1.62 bits per heavy atom. The normalized spacial score (nSPS) is 24.8. The largest absolute Gasteiger partial charge is 0.357 e. The minimum atomic E-state index is -0.0483. The second-order valence-electron chi connectivity index (χ2n) is 3.52. The molecule has 1 aliphatic rings. The van der Waals surface area contributed by atoms with Gasteiger partial charge in [0.15, 0.2) is 5.76 Å². The maximum Gasteiger partial charge on any atom is 0.162 e. The van der Waals surface area contributed by atoms with Gasteiger partial charge in [-0.3, -0.25) is 0 Å². The Hall–Kier alpha value is -1.49. The maximum absolute atomic E-state index is 5.04. The molecular formula is C11H11NO. The zero-order chi connectivity index (χ0) is 9.31. The monoisotopic (exact) mass is 173 g/mol. The van der Waals surface area contributed by atoms with Crippen molar-refractivity contribution in [2.24, 2.45) is 5.41 Å². The molecule has 2 heteroatoms. The molecule has 0 saturated heterocycles. The van der Waals surface area contributed by atoms with Gasteiger partial charge in [0, 0.05) is 5.56 Å². The van der Waals surface area contributed by atoms with E-state index in [4.69, 9.17) is 4.52 Å². The van der Waals surface area contributed by atoms with Crippen molar-refractivity contribution in [3.63, 3.8) is 0 Å². The van der Waals surface area contributed by atoms with E-state index >= 15 is 0 Å². The second-order valence-corrected chi connectivity index (χ2v) is 3.52. The lowest BCUT2D eigenvalue weighted by atomic mass is 9.81. The Balaban J connectivity index is 2.38. The van der Waals surface area contributed by atoms with Gasteiger partial charge in [-0.1, -0.05) is 17.2 Å². The standard InChI is InChI=1S/C11H11NO/c1-3-5-11(2)6-4-10-9(7-11)8-12-13-10/h4,6,8H,7H2,1-2H3. The first-order valence-electron chi connectivity index (χ1n) is 4.30. The highest BCUT2D eigenvalue weighted by atomic mass is 16.5. The van der Waals surface area contributed by atoms with Crippen LogP contribution in [0.1, 0.15) is 25.2 Å². The van der Waals surface area contributed by atoms with Crippen LogP contribution < -0.4 is 0 Å². The van der Waals surface area contributed by atoms with E-state index < -0.39 is 0 Å². The predicted molar refractivity (Wildman–Crippen MR) is 50.8 cm³/mol. The zero-order valence-electron chi connectivity index (χ0n) is 7.79. The molecule has 0 aromatic carbocycles. The van der Waals surface area contributed by atoms with Gasteiger partial charge in [-0.05, 0) is 26.3 Å². The van der Waals surface area contributed by atoms with Crippen LogP contribution in [0.3, 0.4) is 0 Å². The van der Waals surface area contributed by atoms with Crippen LogP contribution in [0.4, 0.5) is 0 Å². The van der Waals surface area contributed by atoms with E-state index in [1.54, 1.807) is 6.20 Å².